The fraction of sp³-hybridized carbons (Fsp3) is 0.857. The Bertz CT molecular complexity index is 105. The Morgan fingerprint density at radius 2 is 0.444 bits per heavy atom. The minimum absolute atomic E-state index is 0. The summed E-state index contributed by atoms with van der Waals surface area (Å²) in [5.41, 5.74) is 0. The van der Waals surface area contributed by atoms with Gasteiger partial charge in [0.25, 0.3) is 0 Å². The van der Waals surface area contributed by atoms with Crippen LogP contribution >= 0.6 is 0 Å². The van der Waals surface area contributed by atoms with Crippen LogP contribution in [0.1, 0.15) is 41.5 Å². The molecule has 0 amide bonds. The van der Waals surface area contributed by atoms with Gasteiger partial charge in [0.1, 0.15) is 0 Å². The Morgan fingerprint density at radius 3 is 0.444 bits per heavy atom. The molecule has 0 spiro atoms. The summed E-state index contributed by atoms with van der Waals surface area (Å²) in [6.45, 7) is 17.6. The molecule has 27 heavy (non-hydrogen) atoms. The predicted octanol–water partition coefficient (Wildman–Crippen LogP) is -1.49. The van der Waals surface area contributed by atoms with Gasteiger partial charge in [-0.25, -0.2) is 0 Å². The third-order valence-electron chi connectivity index (χ3n) is 0. The zero-order valence-corrected chi connectivity index (χ0v) is 19.0. The Labute approximate surface area is 166 Å². The first kappa shape index (κ1) is 63.3. The van der Waals surface area contributed by atoms with Gasteiger partial charge in [0.15, 0.2) is 0 Å². The lowest BCUT2D eigenvalue weighted by atomic mass is 10.9. The second-order valence-corrected chi connectivity index (χ2v) is 3.70. The molecule has 0 atom stereocenters. The van der Waals surface area contributed by atoms with E-state index in [1.165, 1.54) is 0 Å². The molecule has 0 aromatic heterocycles. The van der Waals surface area contributed by atoms with Crippen LogP contribution in [0.3, 0.4) is 0 Å². The highest BCUT2D eigenvalue weighted by Crippen LogP contribution is 1.67. The molecule has 0 fully saturated rings. The molecule has 0 unspecified atom stereocenters. The first-order valence-electron chi connectivity index (χ1n) is 7.53. The lowest BCUT2D eigenvalue weighted by Crippen LogP contribution is -2.33. The molecule has 0 aromatic rings. The van der Waals surface area contributed by atoms with Crippen molar-refractivity contribution in [1.29, 1.82) is 0 Å². The topological polar surface area (TPSA) is 272 Å². The largest absolute Gasteiger partial charge is 0.668 e. The van der Waals surface area contributed by atoms with Gasteiger partial charge < -0.3 is 62.1 Å². The van der Waals surface area contributed by atoms with Crippen molar-refractivity contribution in [1.82, 2.24) is 12.3 Å². The molecule has 0 saturated heterocycles. The smallest absolute Gasteiger partial charge is 0.397 e. The molecular weight excluding hydrogens is 384 g/mol. The van der Waals surface area contributed by atoms with E-state index < -0.39 is 9.05 Å². The second kappa shape index (κ2) is 116. The number of aliphatic hydroxyl groups is 6. The average Bonchev–Trinajstić information content (AvgIpc) is 2.43. The van der Waals surface area contributed by atoms with E-state index in [4.69, 9.17) is 49.8 Å². The van der Waals surface area contributed by atoms with Crippen molar-refractivity contribution in [3.8, 4) is 0 Å². The summed E-state index contributed by atoms with van der Waals surface area (Å²) in [4.78, 5) is 29.3. The van der Waals surface area contributed by atoms with Crippen molar-refractivity contribution in [3.05, 3.63) is 13.2 Å². The van der Waals surface area contributed by atoms with Crippen LogP contribution in [0.2, 0.25) is 0 Å². The number of rotatable bonds is 0. The summed E-state index contributed by atoms with van der Waals surface area (Å²) >= 11 is 0. The molecule has 0 aliphatic carbocycles. The average molecular weight is 435 g/mol. The Morgan fingerprint density at radius 1 is 0.444 bits per heavy atom. The third-order valence-corrected chi connectivity index (χ3v) is 0. The van der Waals surface area contributed by atoms with Crippen LogP contribution in [-0.4, -0.2) is 98.5 Å². The van der Waals surface area contributed by atoms with Gasteiger partial charge in [-0.1, -0.05) is 0 Å². The summed E-state index contributed by atoms with van der Waals surface area (Å²) in [5.74, 6) is 0. The molecule has 12 nitrogen and oxygen atoms in total. The van der Waals surface area contributed by atoms with E-state index in [0.29, 0.717) is 0 Å². The van der Waals surface area contributed by atoms with E-state index in [1.807, 2.05) is 0 Å². The molecule has 13 heteroatoms. The van der Waals surface area contributed by atoms with Gasteiger partial charge >= 0.3 is 9.05 Å². The van der Waals surface area contributed by atoms with Crippen LogP contribution in [0.5, 0.6) is 0 Å². The summed E-state index contributed by atoms with van der Waals surface area (Å²) in [7, 11) is -4.61. The van der Waals surface area contributed by atoms with Crippen molar-refractivity contribution in [2.45, 2.75) is 41.5 Å². The SMILES string of the molecule is C=C.CCO.CCO.CCO.CCO.CCO.CCO.N.N.O[Si](O)(O)O. The summed E-state index contributed by atoms with van der Waals surface area (Å²) in [5, 5.41) is 45.4. The van der Waals surface area contributed by atoms with E-state index in [9.17, 15) is 0 Å². The predicted molar refractivity (Wildman–Crippen MR) is 112 cm³/mol. The molecule has 180 valence electrons. The number of aliphatic hydroxyl groups excluding tert-OH is 6. The highest BCUT2D eigenvalue weighted by molar-refractivity contribution is 6.46. The lowest BCUT2D eigenvalue weighted by molar-refractivity contribution is 0.117. The fourth-order valence-electron chi connectivity index (χ4n) is 0. The maximum Gasteiger partial charge on any atom is 0.668 e. The van der Waals surface area contributed by atoms with E-state index in [0.717, 1.165) is 0 Å². The molecule has 0 aliphatic rings. The van der Waals surface area contributed by atoms with Crippen LogP contribution < -0.4 is 12.3 Å². The number of hydrogen-bond acceptors (Lipinski definition) is 12. The van der Waals surface area contributed by atoms with Gasteiger partial charge in [-0.3, -0.25) is 0 Å². The van der Waals surface area contributed by atoms with E-state index in [1.54, 1.807) is 41.5 Å². The van der Waals surface area contributed by atoms with E-state index >= 15 is 0 Å². The lowest BCUT2D eigenvalue weighted by Gasteiger charge is -1.91. The van der Waals surface area contributed by atoms with Crippen molar-refractivity contribution in [2.75, 3.05) is 39.6 Å². The molecule has 0 saturated carbocycles. The second-order valence-electron chi connectivity index (χ2n) is 2.50. The highest BCUT2D eigenvalue weighted by Gasteiger charge is 2.22. The van der Waals surface area contributed by atoms with Crippen LogP contribution in [0.4, 0.5) is 0 Å². The van der Waals surface area contributed by atoms with Crippen LogP contribution in [-0.2, 0) is 0 Å². The van der Waals surface area contributed by atoms with Crippen LogP contribution in [0.25, 0.3) is 0 Å². The fourth-order valence-corrected chi connectivity index (χ4v) is 0. The van der Waals surface area contributed by atoms with Crippen molar-refractivity contribution < 1.29 is 49.8 Å². The molecule has 0 aromatic carbocycles. The van der Waals surface area contributed by atoms with Gasteiger partial charge in [-0.2, -0.15) is 0 Å². The Kier molecular flexibility index (Phi) is 272. The Balaban J connectivity index is -0.0000000153. The van der Waals surface area contributed by atoms with Gasteiger partial charge in [0.05, 0.1) is 0 Å². The molecule has 16 N–H and O–H groups in total. The molecule has 0 rings (SSSR count). The Hall–Kier alpha value is -0.523. The molecule has 0 aliphatic heterocycles. The first-order valence-corrected chi connectivity index (χ1v) is 9.32. The third kappa shape index (κ3) is 51300. The van der Waals surface area contributed by atoms with Crippen LogP contribution in [0.15, 0.2) is 13.2 Å². The van der Waals surface area contributed by atoms with Crippen molar-refractivity contribution >= 4 is 9.05 Å². The van der Waals surface area contributed by atoms with E-state index in [-0.39, 0.29) is 51.9 Å². The molecule has 0 radical (unpaired) electrons. The summed E-state index contributed by atoms with van der Waals surface area (Å²) in [6.07, 6.45) is 0. The normalized spacial score (nSPS) is 6.37. The minimum atomic E-state index is -4.61. The van der Waals surface area contributed by atoms with Gasteiger partial charge in [0.2, 0.25) is 0 Å². The zero-order chi connectivity index (χ0) is 22.7. The van der Waals surface area contributed by atoms with Gasteiger partial charge in [0, 0.05) is 39.6 Å². The summed E-state index contributed by atoms with van der Waals surface area (Å²) < 4.78 is 0. The van der Waals surface area contributed by atoms with Crippen LogP contribution in [0, 0.1) is 0 Å². The van der Waals surface area contributed by atoms with E-state index in [2.05, 4.69) is 13.2 Å². The number of hydrogen-bond donors (Lipinski definition) is 12. The molecule has 0 bridgehead atoms. The maximum absolute atomic E-state index is 7.57. The highest BCUT2D eigenvalue weighted by atomic mass is 28.4. The minimum Gasteiger partial charge on any atom is -0.397 e. The van der Waals surface area contributed by atoms with Gasteiger partial charge in [-0.05, 0) is 41.5 Å². The maximum atomic E-state index is 7.57. The quantitative estimate of drug-likeness (QED) is 0.153. The standard InChI is InChI=1S/6C2H6O.C2H4.2H3N.H4O4Si/c6*1-2-3;1-2;;;1-5(2,3)4/h6*3H,2H2,1H3;1-2H2;2*1H3;1-4H. The molecular formula is C14H50N2O10Si. The van der Waals surface area contributed by atoms with Crippen molar-refractivity contribution in [3.63, 3.8) is 0 Å². The molecule has 0 heterocycles. The summed E-state index contributed by atoms with van der Waals surface area (Å²) in [6, 6.07) is 0. The van der Waals surface area contributed by atoms with Gasteiger partial charge in [-0.15, -0.1) is 13.2 Å². The first-order chi connectivity index (χ1) is 11.5. The monoisotopic (exact) mass is 434 g/mol. The zero-order valence-electron chi connectivity index (χ0n) is 18.0. The van der Waals surface area contributed by atoms with Crippen molar-refractivity contribution in [2.24, 2.45) is 0 Å².